The highest BCUT2D eigenvalue weighted by Crippen LogP contribution is 2.43. The van der Waals surface area contributed by atoms with Gasteiger partial charge in [0.2, 0.25) is 0 Å². The summed E-state index contributed by atoms with van der Waals surface area (Å²) in [6.07, 6.45) is 2.14. The molecule has 2 N–H and O–H groups in total. The molecule has 0 bridgehead atoms. The van der Waals surface area contributed by atoms with Gasteiger partial charge in [-0.05, 0) is 18.1 Å². The number of halogens is 1. The third-order valence-corrected chi connectivity index (χ3v) is 4.02. The van der Waals surface area contributed by atoms with Gasteiger partial charge in [0.15, 0.2) is 5.78 Å². The fourth-order valence-electron chi connectivity index (χ4n) is 2.46. The van der Waals surface area contributed by atoms with Crippen molar-refractivity contribution < 1.29 is 4.79 Å². The van der Waals surface area contributed by atoms with Gasteiger partial charge in [-0.3, -0.25) is 4.79 Å². The Morgan fingerprint density at radius 3 is 2.47 bits per heavy atom. The van der Waals surface area contributed by atoms with Crippen molar-refractivity contribution in [3.63, 3.8) is 0 Å². The van der Waals surface area contributed by atoms with Crippen LogP contribution in [0.1, 0.15) is 24.8 Å². The molecule has 5 heteroatoms. The molecule has 2 rings (SSSR count). The SMILES string of the molecule is BC1(B)CCC(N)(c2ccccc2Cl)C(=O)C1. The van der Waals surface area contributed by atoms with E-state index in [1.807, 2.05) is 18.2 Å². The molecule has 0 radical (unpaired) electrons. The van der Waals surface area contributed by atoms with Crippen molar-refractivity contribution >= 4 is 33.1 Å². The third-order valence-electron chi connectivity index (χ3n) is 3.69. The van der Waals surface area contributed by atoms with Gasteiger partial charge in [0.25, 0.3) is 0 Å². The van der Waals surface area contributed by atoms with Crippen LogP contribution in [-0.2, 0) is 10.3 Å². The lowest BCUT2D eigenvalue weighted by molar-refractivity contribution is -0.126. The maximum atomic E-state index is 12.3. The van der Waals surface area contributed by atoms with Crippen LogP contribution in [0, 0.1) is 0 Å². The average Bonchev–Trinajstić information content (AvgIpc) is 2.24. The summed E-state index contributed by atoms with van der Waals surface area (Å²) in [5.41, 5.74) is 6.18. The molecule has 0 saturated heterocycles. The van der Waals surface area contributed by atoms with Crippen LogP contribution in [0.5, 0.6) is 0 Å². The molecule has 17 heavy (non-hydrogen) atoms. The Morgan fingerprint density at radius 2 is 1.88 bits per heavy atom. The van der Waals surface area contributed by atoms with Crippen molar-refractivity contribution in [1.29, 1.82) is 0 Å². The van der Waals surface area contributed by atoms with Crippen molar-refractivity contribution in [1.82, 2.24) is 0 Å². The highest BCUT2D eigenvalue weighted by atomic mass is 35.5. The summed E-state index contributed by atoms with van der Waals surface area (Å²) in [6.45, 7) is 0. The Morgan fingerprint density at radius 1 is 1.24 bits per heavy atom. The zero-order valence-corrected chi connectivity index (χ0v) is 11.1. The number of carbonyl (C=O) groups is 1. The Hall–Kier alpha value is -0.730. The van der Waals surface area contributed by atoms with E-state index in [0.717, 1.165) is 12.0 Å². The molecule has 0 aliphatic heterocycles. The van der Waals surface area contributed by atoms with Crippen LogP contribution in [0.4, 0.5) is 0 Å². The lowest BCUT2D eigenvalue weighted by Gasteiger charge is -2.40. The van der Waals surface area contributed by atoms with E-state index in [2.05, 4.69) is 15.7 Å². The van der Waals surface area contributed by atoms with Crippen LogP contribution in [0.25, 0.3) is 0 Å². The molecule has 0 spiro atoms. The van der Waals surface area contributed by atoms with Gasteiger partial charge >= 0.3 is 0 Å². The van der Waals surface area contributed by atoms with E-state index >= 15 is 0 Å². The molecule has 1 aromatic carbocycles. The first-order chi connectivity index (χ1) is 7.85. The Labute approximate surface area is 109 Å². The van der Waals surface area contributed by atoms with Crippen molar-refractivity contribution in [2.24, 2.45) is 5.73 Å². The number of ketones is 1. The molecular formula is C12H16B2ClNO. The van der Waals surface area contributed by atoms with E-state index in [9.17, 15) is 4.79 Å². The average molecular weight is 247 g/mol. The predicted octanol–water partition coefficient (Wildman–Crippen LogP) is 0.629. The Balaban J connectivity index is 2.39. The summed E-state index contributed by atoms with van der Waals surface area (Å²) < 4.78 is 0. The quantitative estimate of drug-likeness (QED) is 0.740. The summed E-state index contributed by atoms with van der Waals surface area (Å²) in [5.74, 6) is 0.0989. The van der Waals surface area contributed by atoms with Gasteiger partial charge < -0.3 is 5.73 Å². The summed E-state index contributed by atoms with van der Waals surface area (Å²) in [4.78, 5) is 12.3. The standard InChI is InChI=1S/C12H16B2ClNO/c13-11(14)5-6-12(16,10(17)7-11)8-3-1-2-4-9(8)15/h1-4H,5-7,13-14,16H2. The number of benzene rings is 1. The van der Waals surface area contributed by atoms with Crippen LogP contribution in [0.2, 0.25) is 10.2 Å². The normalized spacial score (nSPS) is 28.0. The van der Waals surface area contributed by atoms with Gasteiger partial charge in [-0.15, -0.1) is 0 Å². The van der Waals surface area contributed by atoms with E-state index in [1.54, 1.807) is 6.07 Å². The van der Waals surface area contributed by atoms with Crippen LogP contribution in [0.15, 0.2) is 24.3 Å². The van der Waals surface area contributed by atoms with E-state index < -0.39 is 5.54 Å². The van der Waals surface area contributed by atoms with Gasteiger partial charge in [0, 0.05) is 11.4 Å². The van der Waals surface area contributed by atoms with Crippen molar-refractivity contribution in [2.75, 3.05) is 0 Å². The second-order valence-corrected chi connectivity index (χ2v) is 6.12. The number of Topliss-reactive ketones (excluding diaryl/α,β-unsaturated/α-hetero) is 1. The van der Waals surface area contributed by atoms with Crippen LogP contribution >= 0.6 is 11.6 Å². The van der Waals surface area contributed by atoms with Gasteiger partial charge in [-0.25, -0.2) is 0 Å². The molecular weight excluding hydrogens is 231 g/mol. The van der Waals surface area contributed by atoms with Crippen molar-refractivity contribution in [3.8, 4) is 0 Å². The molecule has 0 aromatic heterocycles. The van der Waals surface area contributed by atoms with Crippen molar-refractivity contribution in [2.45, 2.75) is 30.0 Å². The molecule has 1 unspecified atom stereocenters. The smallest absolute Gasteiger partial charge is 0.156 e. The molecule has 1 saturated carbocycles. The minimum atomic E-state index is -0.895. The zero-order chi connectivity index (χ0) is 12.7. The number of rotatable bonds is 1. The monoisotopic (exact) mass is 247 g/mol. The Kier molecular flexibility index (Phi) is 3.13. The first kappa shape index (κ1) is 12.7. The number of hydrogen-bond acceptors (Lipinski definition) is 2. The van der Waals surface area contributed by atoms with Gasteiger partial charge in [0.05, 0.1) is 15.7 Å². The van der Waals surface area contributed by atoms with E-state index in [1.165, 1.54) is 0 Å². The predicted molar refractivity (Wildman–Crippen MR) is 76.0 cm³/mol. The largest absolute Gasteiger partial charge is 0.315 e. The summed E-state index contributed by atoms with van der Waals surface area (Å²) in [6, 6.07) is 7.38. The topological polar surface area (TPSA) is 43.1 Å². The fourth-order valence-corrected chi connectivity index (χ4v) is 2.77. The number of nitrogens with two attached hydrogens (primary N) is 1. The summed E-state index contributed by atoms with van der Waals surface area (Å²) in [5, 5.41) is 0.643. The third kappa shape index (κ3) is 2.29. The Bertz CT molecular complexity index is 464. The van der Waals surface area contributed by atoms with E-state index in [-0.39, 0.29) is 11.0 Å². The molecule has 1 atom stereocenters. The lowest BCUT2D eigenvalue weighted by Crippen LogP contribution is -2.50. The lowest BCUT2D eigenvalue weighted by atomic mass is 9.46. The highest BCUT2D eigenvalue weighted by molar-refractivity contribution is 6.41. The van der Waals surface area contributed by atoms with E-state index in [0.29, 0.717) is 17.9 Å². The minimum absolute atomic E-state index is 0.0568. The number of carbonyl (C=O) groups excluding carboxylic acids is 1. The molecule has 1 fully saturated rings. The maximum absolute atomic E-state index is 12.3. The van der Waals surface area contributed by atoms with Gasteiger partial charge in [0.1, 0.15) is 5.54 Å². The molecule has 1 aliphatic carbocycles. The number of hydrogen-bond donors (Lipinski definition) is 1. The zero-order valence-electron chi connectivity index (χ0n) is 10.3. The van der Waals surface area contributed by atoms with Crippen LogP contribution in [-0.4, -0.2) is 21.5 Å². The van der Waals surface area contributed by atoms with Crippen molar-refractivity contribution in [3.05, 3.63) is 34.9 Å². The molecule has 0 amide bonds. The van der Waals surface area contributed by atoms with Crippen LogP contribution in [0.3, 0.4) is 0 Å². The molecule has 1 aromatic rings. The maximum Gasteiger partial charge on any atom is 0.156 e. The molecule has 0 heterocycles. The van der Waals surface area contributed by atoms with Gasteiger partial charge in [-0.1, -0.05) is 41.4 Å². The first-order valence-electron chi connectivity index (χ1n) is 5.92. The summed E-state index contributed by atoms with van der Waals surface area (Å²) >= 11 is 6.15. The van der Waals surface area contributed by atoms with Crippen LogP contribution < -0.4 is 5.73 Å². The molecule has 1 aliphatic rings. The second-order valence-electron chi connectivity index (χ2n) is 5.72. The fraction of sp³-hybridized carbons (Fsp3) is 0.417. The molecule has 2 nitrogen and oxygen atoms in total. The summed E-state index contributed by atoms with van der Waals surface area (Å²) in [7, 11) is 4.22. The highest BCUT2D eigenvalue weighted by Gasteiger charge is 2.44. The van der Waals surface area contributed by atoms with Gasteiger partial charge in [-0.2, -0.15) is 0 Å². The second kappa shape index (κ2) is 4.18. The van der Waals surface area contributed by atoms with E-state index in [4.69, 9.17) is 17.3 Å². The first-order valence-corrected chi connectivity index (χ1v) is 6.30. The molecule has 88 valence electrons. The minimum Gasteiger partial charge on any atom is -0.315 e.